The van der Waals surface area contributed by atoms with E-state index in [9.17, 15) is 35.1 Å². The molecule has 6 N–H and O–H groups in total. The molecule has 1 aliphatic heterocycles. The van der Waals surface area contributed by atoms with Crippen molar-refractivity contribution in [3.05, 3.63) is 24.3 Å². The van der Waals surface area contributed by atoms with Crippen molar-refractivity contribution in [3.63, 3.8) is 0 Å². The van der Waals surface area contributed by atoms with Gasteiger partial charge in [-0.05, 0) is 44.9 Å². The zero-order chi connectivity index (χ0) is 50.3. The molecule has 0 aromatic heterocycles. The Morgan fingerprint density at radius 2 is 0.942 bits per heavy atom. The van der Waals surface area contributed by atoms with Crippen LogP contribution in [0.1, 0.15) is 271 Å². The molecule has 0 spiro atoms. The van der Waals surface area contributed by atoms with Crippen LogP contribution in [0.2, 0.25) is 0 Å². The van der Waals surface area contributed by atoms with Crippen molar-refractivity contribution in [1.82, 2.24) is 5.32 Å². The van der Waals surface area contributed by atoms with Crippen LogP contribution in [0.5, 0.6) is 0 Å². The van der Waals surface area contributed by atoms with Gasteiger partial charge in [0, 0.05) is 12.8 Å². The molecular formula is C58H109NO10. The second-order valence-electron chi connectivity index (χ2n) is 20.3. The van der Waals surface area contributed by atoms with Gasteiger partial charge >= 0.3 is 5.97 Å². The molecule has 0 saturated carbocycles. The van der Waals surface area contributed by atoms with E-state index in [-0.39, 0.29) is 18.5 Å². The topological polar surface area (TPSA) is 175 Å². The summed E-state index contributed by atoms with van der Waals surface area (Å²) < 4.78 is 16.6. The predicted molar refractivity (Wildman–Crippen MR) is 283 cm³/mol. The second kappa shape index (κ2) is 48.4. The van der Waals surface area contributed by atoms with Crippen LogP contribution in [0.15, 0.2) is 24.3 Å². The van der Waals surface area contributed by atoms with Gasteiger partial charge < -0.3 is 45.1 Å². The number of ether oxygens (including phenoxy) is 3. The molecule has 11 nitrogen and oxygen atoms in total. The number of hydrogen-bond donors (Lipinski definition) is 6. The molecule has 1 rings (SSSR count). The predicted octanol–water partition coefficient (Wildman–Crippen LogP) is 12.9. The molecule has 1 aliphatic rings. The molecule has 0 radical (unpaired) electrons. The normalized spacial score (nSPS) is 19.4. The van der Waals surface area contributed by atoms with E-state index in [0.29, 0.717) is 19.4 Å². The van der Waals surface area contributed by atoms with Gasteiger partial charge in [-0.25, -0.2) is 0 Å². The number of carbonyl (C=O) groups excluding carboxylic acids is 2. The quantitative estimate of drug-likeness (QED) is 0.0196. The number of esters is 1. The number of unbranched alkanes of at least 4 members (excludes halogenated alkanes) is 34. The molecule has 69 heavy (non-hydrogen) atoms. The molecule has 7 unspecified atom stereocenters. The number of carbonyl (C=O) groups is 2. The fourth-order valence-corrected chi connectivity index (χ4v) is 9.16. The summed E-state index contributed by atoms with van der Waals surface area (Å²) in [6.07, 6.45) is 47.2. The van der Waals surface area contributed by atoms with Gasteiger partial charge in [-0.3, -0.25) is 9.59 Å². The van der Waals surface area contributed by atoms with E-state index in [2.05, 4.69) is 31.3 Å². The first-order valence-corrected chi connectivity index (χ1v) is 29.1. The maximum Gasteiger partial charge on any atom is 0.305 e. The Balaban J connectivity index is 2.02. The molecule has 1 heterocycles. The van der Waals surface area contributed by atoms with Crippen LogP contribution in [0.3, 0.4) is 0 Å². The maximum absolute atomic E-state index is 13.0. The van der Waals surface area contributed by atoms with E-state index in [1.165, 1.54) is 186 Å². The number of aliphatic hydroxyl groups is 5. The van der Waals surface area contributed by atoms with Gasteiger partial charge in [-0.1, -0.05) is 237 Å². The van der Waals surface area contributed by atoms with Crippen molar-refractivity contribution in [2.75, 3.05) is 19.8 Å². The standard InChI is InChI=1S/C58H109NO10/c1-3-5-7-9-11-13-25-30-34-38-42-46-54(63)67-47-43-39-35-31-27-24-22-20-18-16-14-15-17-19-21-23-26-29-33-37-41-45-53(62)59-50(51(61)44-40-36-32-28-12-10-8-6-4-2)49-68-58-57(66)56(65)55(64)52(48-60)69-58/h12,28,40,44,50-52,55-58,60-61,64-66H,3-11,13-27,29-39,41-43,45-49H2,1-2H3,(H,59,62)/b28-12+,44-40+. The summed E-state index contributed by atoms with van der Waals surface area (Å²) in [5, 5.41) is 54.1. The highest BCUT2D eigenvalue weighted by atomic mass is 16.7. The highest BCUT2D eigenvalue weighted by molar-refractivity contribution is 5.76. The molecule has 0 aromatic carbocycles. The summed E-state index contributed by atoms with van der Waals surface area (Å²) in [7, 11) is 0. The van der Waals surface area contributed by atoms with Crippen LogP contribution in [0, 0.1) is 0 Å². The van der Waals surface area contributed by atoms with Gasteiger partial charge in [0.1, 0.15) is 24.4 Å². The third-order valence-electron chi connectivity index (χ3n) is 13.8. The first kappa shape index (κ1) is 65.2. The van der Waals surface area contributed by atoms with Gasteiger partial charge in [0.15, 0.2) is 6.29 Å². The van der Waals surface area contributed by atoms with Gasteiger partial charge in [-0.15, -0.1) is 0 Å². The lowest BCUT2D eigenvalue weighted by Crippen LogP contribution is -2.60. The molecule has 1 amide bonds. The Hall–Kier alpha value is -1.86. The first-order chi connectivity index (χ1) is 33.7. The molecule has 0 bridgehead atoms. The van der Waals surface area contributed by atoms with Gasteiger partial charge in [0.2, 0.25) is 5.91 Å². The summed E-state index contributed by atoms with van der Waals surface area (Å²) in [6, 6.07) is -0.826. The highest BCUT2D eigenvalue weighted by Gasteiger charge is 2.44. The minimum absolute atomic E-state index is 0.00213. The largest absolute Gasteiger partial charge is 0.466 e. The van der Waals surface area contributed by atoms with E-state index >= 15 is 0 Å². The zero-order valence-corrected chi connectivity index (χ0v) is 44.5. The number of aliphatic hydroxyl groups excluding tert-OH is 5. The lowest BCUT2D eigenvalue weighted by molar-refractivity contribution is -0.302. The van der Waals surface area contributed by atoms with E-state index in [0.717, 1.165) is 57.8 Å². The molecule has 11 heteroatoms. The summed E-state index contributed by atoms with van der Waals surface area (Å²) in [6.45, 7) is 4.27. The van der Waals surface area contributed by atoms with Crippen molar-refractivity contribution >= 4 is 11.9 Å². The lowest BCUT2D eigenvalue weighted by Gasteiger charge is -2.40. The van der Waals surface area contributed by atoms with Crippen molar-refractivity contribution in [1.29, 1.82) is 0 Å². The van der Waals surface area contributed by atoms with E-state index in [1.807, 2.05) is 6.08 Å². The van der Waals surface area contributed by atoms with Crippen LogP contribution < -0.4 is 5.32 Å². The monoisotopic (exact) mass is 980 g/mol. The minimum atomic E-state index is -1.58. The molecule has 7 atom stereocenters. The fraction of sp³-hybridized carbons (Fsp3) is 0.897. The number of amides is 1. The molecule has 406 valence electrons. The number of nitrogens with one attached hydrogen (secondary N) is 1. The van der Waals surface area contributed by atoms with Gasteiger partial charge in [-0.2, -0.15) is 0 Å². The van der Waals surface area contributed by atoms with Crippen molar-refractivity contribution in [3.8, 4) is 0 Å². The number of allylic oxidation sites excluding steroid dienone is 3. The number of hydrogen-bond acceptors (Lipinski definition) is 10. The third kappa shape index (κ3) is 38.4. The van der Waals surface area contributed by atoms with Crippen LogP contribution in [-0.4, -0.2) is 100 Å². The Morgan fingerprint density at radius 1 is 0.522 bits per heavy atom. The van der Waals surface area contributed by atoms with Crippen LogP contribution >= 0.6 is 0 Å². The second-order valence-corrected chi connectivity index (χ2v) is 20.3. The van der Waals surface area contributed by atoms with E-state index < -0.39 is 49.5 Å². The van der Waals surface area contributed by atoms with E-state index in [1.54, 1.807) is 6.08 Å². The SMILES string of the molecule is CCCCC/C=C/CC/C=C/C(O)C(COC1OC(CO)C(O)C(O)C1O)NC(=O)CCCCCCCCCCCCCCCCCCCCCCCOC(=O)CCCCCCCCCCCCC. The summed E-state index contributed by atoms with van der Waals surface area (Å²) >= 11 is 0. The molecular weight excluding hydrogens is 871 g/mol. The molecule has 1 saturated heterocycles. The van der Waals surface area contributed by atoms with E-state index in [4.69, 9.17) is 14.2 Å². The van der Waals surface area contributed by atoms with Crippen LogP contribution in [0.4, 0.5) is 0 Å². The van der Waals surface area contributed by atoms with Crippen LogP contribution in [-0.2, 0) is 23.8 Å². The average Bonchev–Trinajstić information content (AvgIpc) is 3.34. The average molecular weight is 981 g/mol. The lowest BCUT2D eigenvalue weighted by atomic mass is 9.99. The summed E-state index contributed by atoms with van der Waals surface area (Å²) in [5.74, 6) is -0.197. The third-order valence-corrected chi connectivity index (χ3v) is 13.8. The zero-order valence-electron chi connectivity index (χ0n) is 44.5. The fourth-order valence-electron chi connectivity index (χ4n) is 9.16. The van der Waals surface area contributed by atoms with Gasteiger partial charge in [0.05, 0.1) is 32.0 Å². The number of rotatable bonds is 50. The first-order valence-electron chi connectivity index (χ1n) is 29.1. The smallest absolute Gasteiger partial charge is 0.305 e. The Bertz CT molecular complexity index is 1200. The Morgan fingerprint density at radius 3 is 1.43 bits per heavy atom. The van der Waals surface area contributed by atoms with Crippen molar-refractivity contribution < 1.29 is 49.3 Å². The summed E-state index contributed by atoms with van der Waals surface area (Å²) in [4.78, 5) is 25.0. The molecule has 1 fully saturated rings. The molecule has 0 aliphatic carbocycles. The van der Waals surface area contributed by atoms with Crippen molar-refractivity contribution in [2.45, 2.75) is 314 Å². The minimum Gasteiger partial charge on any atom is -0.466 e. The molecule has 0 aromatic rings. The highest BCUT2D eigenvalue weighted by Crippen LogP contribution is 2.23. The summed E-state index contributed by atoms with van der Waals surface area (Å²) in [5.41, 5.74) is 0. The maximum atomic E-state index is 13.0. The Kier molecular flexibility index (Phi) is 45.7. The van der Waals surface area contributed by atoms with Crippen molar-refractivity contribution in [2.24, 2.45) is 0 Å². The Labute approximate surface area is 422 Å². The van der Waals surface area contributed by atoms with Gasteiger partial charge in [0.25, 0.3) is 0 Å². The van der Waals surface area contributed by atoms with Crippen LogP contribution in [0.25, 0.3) is 0 Å².